The molecule has 0 heterocycles. The van der Waals surface area contributed by atoms with Gasteiger partial charge in [-0.25, -0.2) is 0 Å². The average Bonchev–Trinajstić information content (AvgIpc) is 2.04. The van der Waals surface area contributed by atoms with Crippen molar-refractivity contribution in [1.82, 2.24) is 0 Å². The third-order valence-corrected chi connectivity index (χ3v) is 1.80. The Labute approximate surface area is 87.9 Å². The van der Waals surface area contributed by atoms with Gasteiger partial charge >= 0.3 is 0 Å². The van der Waals surface area contributed by atoms with Crippen LogP contribution < -0.4 is 5.32 Å². The molecule has 0 fully saturated rings. The molecule has 4 heteroatoms. The van der Waals surface area contributed by atoms with E-state index < -0.39 is 0 Å². The minimum atomic E-state index is 0.366. The Morgan fingerprint density at radius 2 is 2.38 bits per heavy atom. The maximum absolute atomic E-state index is 5.78. The summed E-state index contributed by atoms with van der Waals surface area (Å²) in [5.74, 6) is 0. The lowest BCUT2D eigenvalue weighted by atomic mass is 10.3. The van der Waals surface area contributed by atoms with Crippen LogP contribution in [0.5, 0.6) is 0 Å². The van der Waals surface area contributed by atoms with Crippen LogP contribution in [0, 0.1) is 0 Å². The second-order valence-corrected chi connectivity index (χ2v) is 3.16. The first-order valence-electron chi connectivity index (χ1n) is 3.91. The minimum Gasteiger partial charge on any atom is -0.471 e. The maximum Gasteiger partial charge on any atom is 0.261 e. The third-order valence-electron chi connectivity index (χ3n) is 1.35. The first-order valence-corrected chi connectivity index (χ1v) is 4.70. The van der Waals surface area contributed by atoms with Crippen LogP contribution in [0.1, 0.15) is 6.92 Å². The number of rotatable bonds is 2. The molecular formula is C9H10ClNOS. The van der Waals surface area contributed by atoms with Crippen LogP contribution in [0.2, 0.25) is 5.02 Å². The SMILES string of the molecule is CCOC(=S)Nc1cccc(Cl)c1. The van der Waals surface area contributed by atoms with Crippen LogP contribution in [0.4, 0.5) is 5.69 Å². The van der Waals surface area contributed by atoms with Crippen molar-refractivity contribution < 1.29 is 4.74 Å². The summed E-state index contributed by atoms with van der Waals surface area (Å²) in [5.41, 5.74) is 0.839. The Morgan fingerprint density at radius 3 is 3.00 bits per heavy atom. The van der Waals surface area contributed by atoms with E-state index in [1.807, 2.05) is 19.1 Å². The van der Waals surface area contributed by atoms with Crippen molar-refractivity contribution in [1.29, 1.82) is 0 Å². The van der Waals surface area contributed by atoms with Crippen LogP contribution in [0.3, 0.4) is 0 Å². The van der Waals surface area contributed by atoms with E-state index in [9.17, 15) is 0 Å². The molecule has 0 saturated heterocycles. The smallest absolute Gasteiger partial charge is 0.261 e. The van der Waals surface area contributed by atoms with E-state index in [1.54, 1.807) is 12.1 Å². The summed E-state index contributed by atoms with van der Waals surface area (Å²) in [5, 5.41) is 3.94. The number of benzene rings is 1. The normalized spacial score (nSPS) is 9.38. The number of ether oxygens (including phenoxy) is 1. The fourth-order valence-electron chi connectivity index (χ4n) is 0.851. The predicted octanol–water partition coefficient (Wildman–Crippen LogP) is 3.07. The van der Waals surface area contributed by atoms with Crippen molar-refractivity contribution in [3.05, 3.63) is 29.3 Å². The van der Waals surface area contributed by atoms with Gasteiger partial charge in [0.1, 0.15) is 0 Å². The molecule has 1 aromatic rings. The number of hydrogen-bond acceptors (Lipinski definition) is 2. The van der Waals surface area contributed by atoms with Gasteiger partial charge in [0.05, 0.1) is 6.61 Å². The highest BCUT2D eigenvalue weighted by molar-refractivity contribution is 7.80. The molecule has 0 atom stereocenters. The van der Waals surface area contributed by atoms with Crippen molar-refractivity contribution in [2.24, 2.45) is 0 Å². The molecule has 0 aromatic heterocycles. The lowest BCUT2D eigenvalue weighted by molar-refractivity contribution is 0.335. The summed E-state index contributed by atoms with van der Waals surface area (Å²) in [6.07, 6.45) is 0. The lowest BCUT2D eigenvalue weighted by Crippen LogP contribution is -2.12. The first-order chi connectivity index (χ1) is 6.22. The van der Waals surface area contributed by atoms with E-state index in [4.69, 9.17) is 28.6 Å². The van der Waals surface area contributed by atoms with Crippen LogP contribution in [0.15, 0.2) is 24.3 Å². The van der Waals surface area contributed by atoms with Crippen LogP contribution >= 0.6 is 23.8 Å². The van der Waals surface area contributed by atoms with Gasteiger partial charge in [0.2, 0.25) is 0 Å². The van der Waals surface area contributed by atoms with E-state index >= 15 is 0 Å². The molecule has 13 heavy (non-hydrogen) atoms. The molecule has 0 aliphatic rings. The van der Waals surface area contributed by atoms with Gasteiger partial charge in [-0.2, -0.15) is 0 Å². The highest BCUT2D eigenvalue weighted by Crippen LogP contribution is 2.14. The fourth-order valence-corrected chi connectivity index (χ4v) is 1.28. The second kappa shape index (κ2) is 5.04. The molecule has 0 saturated carbocycles. The van der Waals surface area contributed by atoms with Crippen LogP contribution in [-0.4, -0.2) is 11.8 Å². The Morgan fingerprint density at radius 1 is 1.62 bits per heavy atom. The molecule has 70 valence electrons. The largest absolute Gasteiger partial charge is 0.471 e. The highest BCUT2D eigenvalue weighted by Gasteiger charge is 1.97. The van der Waals surface area contributed by atoms with Crippen molar-refractivity contribution in [3.63, 3.8) is 0 Å². The third kappa shape index (κ3) is 3.61. The Balaban J connectivity index is 2.58. The fraction of sp³-hybridized carbons (Fsp3) is 0.222. The zero-order valence-electron chi connectivity index (χ0n) is 7.21. The molecule has 1 rings (SSSR count). The van der Waals surface area contributed by atoms with Gasteiger partial charge in [-0.15, -0.1) is 0 Å². The summed E-state index contributed by atoms with van der Waals surface area (Å²) in [7, 11) is 0. The predicted molar refractivity (Wildman–Crippen MR) is 59.3 cm³/mol. The van der Waals surface area contributed by atoms with Crippen molar-refractivity contribution in [2.75, 3.05) is 11.9 Å². The summed E-state index contributed by atoms with van der Waals surface area (Å²) >= 11 is 10.7. The van der Waals surface area contributed by atoms with Crippen molar-refractivity contribution in [2.45, 2.75) is 6.92 Å². The second-order valence-electron chi connectivity index (χ2n) is 2.36. The maximum atomic E-state index is 5.78. The van der Waals surface area contributed by atoms with Crippen molar-refractivity contribution >= 4 is 34.7 Å². The summed E-state index contributed by atoms with van der Waals surface area (Å²) in [6.45, 7) is 2.44. The van der Waals surface area contributed by atoms with Crippen molar-refractivity contribution in [3.8, 4) is 0 Å². The monoisotopic (exact) mass is 215 g/mol. The molecule has 1 N–H and O–H groups in total. The van der Waals surface area contributed by atoms with E-state index in [1.165, 1.54) is 0 Å². The van der Waals surface area contributed by atoms with Gasteiger partial charge in [0.15, 0.2) is 0 Å². The number of halogens is 1. The Kier molecular flexibility index (Phi) is 3.99. The van der Waals surface area contributed by atoms with E-state index in [0.29, 0.717) is 16.8 Å². The zero-order chi connectivity index (χ0) is 9.68. The van der Waals surface area contributed by atoms with Crippen LogP contribution in [0.25, 0.3) is 0 Å². The molecule has 0 aliphatic carbocycles. The van der Waals surface area contributed by atoms with Gasteiger partial charge in [0.25, 0.3) is 5.17 Å². The van der Waals surface area contributed by atoms with Gasteiger partial charge in [-0.05, 0) is 37.3 Å². The Bertz CT molecular complexity index is 303. The summed E-state index contributed by atoms with van der Waals surface area (Å²) in [6, 6.07) is 7.31. The minimum absolute atomic E-state index is 0.366. The molecule has 0 amide bonds. The lowest BCUT2D eigenvalue weighted by Gasteiger charge is -2.07. The average molecular weight is 216 g/mol. The molecule has 0 radical (unpaired) electrons. The highest BCUT2D eigenvalue weighted by atomic mass is 35.5. The van der Waals surface area contributed by atoms with E-state index in [0.717, 1.165) is 5.69 Å². The number of anilines is 1. The van der Waals surface area contributed by atoms with E-state index in [2.05, 4.69) is 5.32 Å². The molecule has 1 aromatic carbocycles. The number of hydrogen-bond donors (Lipinski definition) is 1. The van der Waals surface area contributed by atoms with Gasteiger partial charge < -0.3 is 10.1 Å². The Hall–Kier alpha value is -0.800. The molecule has 0 bridgehead atoms. The number of thiocarbonyl (C=S) groups is 1. The molecule has 0 spiro atoms. The molecule has 0 unspecified atom stereocenters. The molecule has 2 nitrogen and oxygen atoms in total. The first kappa shape index (κ1) is 10.3. The van der Waals surface area contributed by atoms with Gasteiger partial charge in [0, 0.05) is 10.7 Å². The summed E-state index contributed by atoms with van der Waals surface area (Å²) < 4.78 is 5.06. The van der Waals surface area contributed by atoms with Crippen LogP contribution in [-0.2, 0) is 4.74 Å². The molecular weight excluding hydrogens is 206 g/mol. The zero-order valence-corrected chi connectivity index (χ0v) is 8.78. The van der Waals surface area contributed by atoms with Gasteiger partial charge in [-0.3, -0.25) is 0 Å². The molecule has 0 aliphatic heterocycles. The standard InChI is InChI=1S/C9H10ClNOS/c1-2-12-9(13)11-8-5-3-4-7(10)6-8/h3-6H,2H2,1H3,(H,11,13). The van der Waals surface area contributed by atoms with Gasteiger partial charge in [-0.1, -0.05) is 17.7 Å². The number of nitrogens with one attached hydrogen (secondary N) is 1. The topological polar surface area (TPSA) is 21.3 Å². The summed E-state index contributed by atoms with van der Waals surface area (Å²) in [4.78, 5) is 0. The quantitative estimate of drug-likeness (QED) is 0.767. The van der Waals surface area contributed by atoms with E-state index in [-0.39, 0.29) is 0 Å².